The highest BCUT2D eigenvalue weighted by molar-refractivity contribution is 6.04. The van der Waals surface area contributed by atoms with Gasteiger partial charge in [-0.15, -0.1) is 0 Å². The molecule has 1 heterocycles. The number of carbonyl (C=O) groups is 2. The van der Waals surface area contributed by atoms with Crippen LogP contribution in [0.2, 0.25) is 0 Å². The summed E-state index contributed by atoms with van der Waals surface area (Å²) in [5.74, 6) is -0.280. The molecule has 154 valence electrons. The second-order valence-corrected chi connectivity index (χ2v) is 7.61. The second-order valence-electron chi connectivity index (χ2n) is 7.61. The first-order chi connectivity index (χ1) is 13.9. The molecule has 0 spiro atoms. The Morgan fingerprint density at radius 1 is 1.03 bits per heavy atom. The topological polar surface area (TPSA) is 70.7 Å². The zero-order valence-corrected chi connectivity index (χ0v) is 17.3. The molecule has 0 aromatic heterocycles. The molecule has 2 atom stereocenters. The van der Waals surface area contributed by atoms with E-state index in [1.165, 1.54) is 5.56 Å². The van der Waals surface area contributed by atoms with Gasteiger partial charge in [0.1, 0.15) is 0 Å². The number of rotatable bonds is 6. The number of carbonyl (C=O) groups excluding carboxylic acids is 2. The molecule has 0 radical (unpaired) electrons. The van der Waals surface area contributed by atoms with Crippen molar-refractivity contribution >= 4 is 17.5 Å². The average molecular weight is 396 g/mol. The summed E-state index contributed by atoms with van der Waals surface area (Å²) in [6, 6.07) is 15.0. The highest BCUT2D eigenvalue weighted by atomic mass is 16.5. The Bertz CT molecular complexity index is 841. The van der Waals surface area contributed by atoms with E-state index in [-0.39, 0.29) is 30.4 Å². The summed E-state index contributed by atoms with van der Waals surface area (Å²) in [6.07, 6.45) is 0.694. The van der Waals surface area contributed by atoms with Crippen LogP contribution in [-0.2, 0) is 22.5 Å². The quantitative estimate of drug-likeness (QED) is 0.789. The lowest BCUT2D eigenvalue weighted by Gasteiger charge is -2.35. The van der Waals surface area contributed by atoms with Crippen LogP contribution >= 0.6 is 0 Å². The highest BCUT2D eigenvalue weighted by Crippen LogP contribution is 2.18. The maximum absolute atomic E-state index is 12.7. The second kappa shape index (κ2) is 9.67. The van der Waals surface area contributed by atoms with Gasteiger partial charge in [0.25, 0.3) is 5.91 Å². The number of morpholine rings is 1. The van der Waals surface area contributed by atoms with E-state index in [0.29, 0.717) is 11.3 Å². The van der Waals surface area contributed by atoms with Crippen molar-refractivity contribution in [2.75, 3.05) is 25.5 Å². The molecule has 0 saturated carbocycles. The fourth-order valence-electron chi connectivity index (χ4n) is 3.69. The number of ether oxygens (including phenoxy) is 1. The standard InChI is InChI=1S/C23H29N3O3/c1-16-13-26(14-17(2)29-16)15-18-8-10-19(11-9-18)23(28)25-21-7-5-4-6-20(21)12-22(27)24-3/h4-11,16-17H,12-15H2,1-3H3,(H,24,27)(H,25,28). The molecule has 0 aliphatic carbocycles. The molecule has 2 aromatic carbocycles. The van der Waals surface area contributed by atoms with Gasteiger partial charge in [0.2, 0.25) is 5.91 Å². The van der Waals surface area contributed by atoms with Gasteiger partial charge in [-0.1, -0.05) is 30.3 Å². The summed E-state index contributed by atoms with van der Waals surface area (Å²) in [7, 11) is 1.60. The summed E-state index contributed by atoms with van der Waals surface area (Å²) in [4.78, 5) is 26.7. The van der Waals surface area contributed by atoms with Gasteiger partial charge in [-0.25, -0.2) is 0 Å². The van der Waals surface area contributed by atoms with E-state index >= 15 is 0 Å². The minimum Gasteiger partial charge on any atom is -0.373 e. The van der Waals surface area contributed by atoms with E-state index in [1.54, 1.807) is 7.05 Å². The Morgan fingerprint density at radius 2 is 1.69 bits per heavy atom. The fourth-order valence-corrected chi connectivity index (χ4v) is 3.69. The van der Waals surface area contributed by atoms with Gasteiger partial charge in [-0.3, -0.25) is 14.5 Å². The minimum atomic E-state index is -0.186. The van der Waals surface area contributed by atoms with Crippen LogP contribution < -0.4 is 10.6 Å². The van der Waals surface area contributed by atoms with E-state index < -0.39 is 0 Å². The number of hydrogen-bond acceptors (Lipinski definition) is 4. The number of hydrogen-bond donors (Lipinski definition) is 2. The van der Waals surface area contributed by atoms with Crippen LogP contribution in [0.5, 0.6) is 0 Å². The van der Waals surface area contributed by atoms with E-state index in [0.717, 1.165) is 25.2 Å². The molecule has 1 aliphatic rings. The number of likely N-dealkylation sites (N-methyl/N-ethyl adjacent to an activating group) is 1. The molecule has 2 unspecified atom stereocenters. The number of nitrogens with one attached hydrogen (secondary N) is 2. The van der Waals surface area contributed by atoms with Gasteiger partial charge < -0.3 is 15.4 Å². The third-order valence-electron chi connectivity index (χ3n) is 5.01. The first-order valence-electron chi connectivity index (χ1n) is 10.0. The zero-order valence-electron chi connectivity index (χ0n) is 17.3. The van der Waals surface area contributed by atoms with Crippen LogP contribution in [0, 0.1) is 0 Å². The molecule has 3 rings (SSSR count). The van der Waals surface area contributed by atoms with Crippen LogP contribution in [0.1, 0.15) is 35.3 Å². The van der Waals surface area contributed by atoms with Crippen LogP contribution in [-0.4, -0.2) is 49.1 Å². The molecular formula is C23H29N3O3. The lowest BCUT2D eigenvalue weighted by Crippen LogP contribution is -2.44. The smallest absolute Gasteiger partial charge is 0.255 e. The summed E-state index contributed by atoms with van der Waals surface area (Å²) < 4.78 is 5.78. The molecule has 2 N–H and O–H groups in total. The normalized spacial score (nSPS) is 19.6. The first-order valence-corrected chi connectivity index (χ1v) is 10.0. The molecular weight excluding hydrogens is 366 g/mol. The number of amides is 2. The largest absolute Gasteiger partial charge is 0.373 e. The molecule has 2 amide bonds. The molecule has 1 aliphatic heterocycles. The van der Waals surface area contributed by atoms with E-state index in [9.17, 15) is 9.59 Å². The van der Waals surface area contributed by atoms with Gasteiger partial charge in [0.15, 0.2) is 0 Å². The Kier molecular flexibility index (Phi) is 7.01. The molecule has 6 nitrogen and oxygen atoms in total. The van der Waals surface area contributed by atoms with Crippen molar-refractivity contribution in [3.8, 4) is 0 Å². The van der Waals surface area contributed by atoms with Gasteiger partial charge in [0, 0.05) is 37.9 Å². The molecule has 1 saturated heterocycles. The number of anilines is 1. The number of para-hydroxylation sites is 1. The molecule has 0 bridgehead atoms. The fraction of sp³-hybridized carbons (Fsp3) is 0.391. The van der Waals surface area contributed by atoms with Crippen LogP contribution in [0.3, 0.4) is 0 Å². The van der Waals surface area contributed by atoms with Crippen molar-refractivity contribution in [2.45, 2.75) is 39.0 Å². The Morgan fingerprint density at radius 3 is 2.34 bits per heavy atom. The maximum atomic E-state index is 12.7. The predicted molar refractivity (Wildman–Crippen MR) is 114 cm³/mol. The Labute approximate surface area is 172 Å². The minimum absolute atomic E-state index is 0.0946. The van der Waals surface area contributed by atoms with E-state index in [1.807, 2.05) is 48.5 Å². The molecule has 1 fully saturated rings. The van der Waals surface area contributed by atoms with Crippen molar-refractivity contribution in [3.63, 3.8) is 0 Å². The first kappa shape index (κ1) is 21.0. The Hall–Kier alpha value is -2.70. The van der Waals surface area contributed by atoms with Crippen LogP contribution in [0.4, 0.5) is 5.69 Å². The lowest BCUT2D eigenvalue weighted by atomic mass is 10.1. The van der Waals surface area contributed by atoms with Crippen molar-refractivity contribution in [1.29, 1.82) is 0 Å². The van der Waals surface area contributed by atoms with Crippen molar-refractivity contribution in [2.24, 2.45) is 0 Å². The predicted octanol–water partition coefficient (Wildman–Crippen LogP) is 2.84. The third kappa shape index (κ3) is 5.89. The average Bonchev–Trinajstić information content (AvgIpc) is 2.69. The van der Waals surface area contributed by atoms with Gasteiger partial charge >= 0.3 is 0 Å². The number of benzene rings is 2. The van der Waals surface area contributed by atoms with Crippen molar-refractivity contribution < 1.29 is 14.3 Å². The molecule has 2 aromatic rings. The van der Waals surface area contributed by atoms with Crippen molar-refractivity contribution in [1.82, 2.24) is 10.2 Å². The number of nitrogens with zero attached hydrogens (tertiary/aromatic N) is 1. The van der Waals surface area contributed by atoms with Gasteiger partial charge in [-0.2, -0.15) is 0 Å². The third-order valence-corrected chi connectivity index (χ3v) is 5.01. The summed E-state index contributed by atoms with van der Waals surface area (Å²) >= 11 is 0. The zero-order chi connectivity index (χ0) is 20.8. The van der Waals surface area contributed by atoms with Gasteiger partial charge in [-0.05, 0) is 43.2 Å². The maximum Gasteiger partial charge on any atom is 0.255 e. The Balaban J connectivity index is 1.63. The molecule has 6 heteroatoms. The summed E-state index contributed by atoms with van der Waals surface area (Å²) in [5.41, 5.74) is 3.20. The van der Waals surface area contributed by atoms with E-state index in [2.05, 4.69) is 29.4 Å². The lowest BCUT2D eigenvalue weighted by molar-refractivity contribution is -0.119. The summed E-state index contributed by atoms with van der Waals surface area (Å²) in [6.45, 7) is 6.86. The van der Waals surface area contributed by atoms with E-state index in [4.69, 9.17) is 4.74 Å². The van der Waals surface area contributed by atoms with Crippen molar-refractivity contribution in [3.05, 3.63) is 65.2 Å². The van der Waals surface area contributed by atoms with Gasteiger partial charge in [0.05, 0.1) is 18.6 Å². The highest BCUT2D eigenvalue weighted by Gasteiger charge is 2.22. The SMILES string of the molecule is CNC(=O)Cc1ccccc1NC(=O)c1ccc(CN2CC(C)OC(C)C2)cc1. The van der Waals surface area contributed by atoms with Crippen LogP contribution in [0.15, 0.2) is 48.5 Å². The molecule has 29 heavy (non-hydrogen) atoms. The summed E-state index contributed by atoms with van der Waals surface area (Å²) in [5, 5.41) is 5.53. The van der Waals surface area contributed by atoms with Crippen LogP contribution in [0.25, 0.3) is 0 Å². The monoisotopic (exact) mass is 395 g/mol.